The van der Waals surface area contributed by atoms with Crippen LogP contribution < -0.4 is 5.32 Å². The van der Waals surface area contributed by atoms with E-state index >= 15 is 0 Å². The van der Waals surface area contributed by atoms with Gasteiger partial charge in [-0.2, -0.15) is 0 Å². The standard InChI is InChI=1S/C13H20F2N2O3/c1-8(18)16-10-6-17(7-11(10)19)12(20)9-2-4-13(14,15)5-3-9/h9-11,19H,2-7H2,1H3,(H,16,18)/t10-,11-/m1/s1. The first-order valence-electron chi connectivity index (χ1n) is 6.90. The molecule has 2 N–H and O–H groups in total. The van der Waals surface area contributed by atoms with E-state index < -0.39 is 24.0 Å². The van der Waals surface area contributed by atoms with Crippen LogP contribution in [0.15, 0.2) is 0 Å². The Labute approximate surface area is 116 Å². The molecule has 20 heavy (non-hydrogen) atoms. The van der Waals surface area contributed by atoms with Crippen LogP contribution in [-0.4, -0.2) is 53.0 Å². The molecule has 1 heterocycles. The minimum absolute atomic E-state index is 0.149. The molecule has 114 valence electrons. The first-order valence-corrected chi connectivity index (χ1v) is 6.90. The fraction of sp³-hybridized carbons (Fsp3) is 0.846. The molecule has 0 aromatic rings. The summed E-state index contributed by atoms with van der Waals surface area (Å²) in [6, 6.07) is -0.471. The Morgan fingerprint density at radius 1 is 1.25 bits per heavy atom. The number of hydrogen-bond acceptors (Lipinski definition) is 3. The zero-order valence-corrected chi connectivity index (χ0v) is 11.4. The molecule has 1 aliphatic carbocycles. The normalized spacial score (nSPS) is 30.3. The van der Waals surface area contributed by atoms with Gasteiger partial charge in [0.25, 0.3) is 0 Å². The Balaban J connectivity index is 1.89. The summed E-state index contributed by atoms with van der Waals surface area (Å²) in [5.74, 6) is -3.49. The van der Waals surface area contributed by atoms with E-state index in [0.717, 1.165) is 0 Å². The Morgan fingerprint density at radius 3 is 2.40 bits per heavy atom. The van der Waals surface area contributed by atoms with Crippen molar-refractivity contribution >= 4 is 11.8 Å². The Bertz CT molecular complexity index is 393. The van der Waals surface area contributed by atoms with Crippen LogP contribution in [0.5, 0.6) is 0 Å². The number of amides is 2. The molecule has 2 aliphatic rings. The summed E-state index contributed by atoms with van der Waals surface area (Å²) in [6.45, 7) is 1.74. The van der Waals surface area contributed by atoms with Gasteiger partial charge >= 0.3 is 0 Å². The van der Waals surface area contributed by atoms with Gasteiger partial charge in [-0.3, -0.25) is 9.59 Å². The van der Waals surface area contributed by atoms with Crippen LogP contribution in [0.2, 0.25) is 0 Å². The quantitative estimate of drug-likeness (QED) is 0.779. The van der Waals surface area contributed by atoms with Crippen LogP contribution in [0.1, 0.15) is 32.6 Å². The highest BCUT2D eigenvalue weighted by molar-refractivity contribution is 5.80. The van der Waals surface area contributed by atoms with Gasteiger partial charge in [0.15, 0.2) is 0 Å². The Kier molecular flexibility index (Phi) is 4.27. The summed E-state index contributed by atoms with van der Waals surface area (Å²) in [7, 11) is 0. The van der Waals surface area contributed by atoms with Crippen LogP contribution in [0.25, 0.3) is 0 Å². The monoisotopic (exact) mass is 290 g/mol. The van der Waals surface area contributed by atoms with Crippen molar-refractivity contribution in [1.29, 1.82) is 0 Å². The highest BCUT2D eigenvalue weighted by atomic mass is 19.3. The molecule has 0 radical (unpaired) electrons. The molecule has 0 bridgehead atoms. The summed E-state index contributed by atoms with van der Waals surface area (Å²) in [4.78, 5) is 24.7. The molecule has 2 rings (SSSR count). The highest BCUT2D eigenvalue weighted by Crippen LogP contribution is 2.37. The maximum absolute atomic E-state index is 13.1. The van der Waals surface area contributed by atoms with Crippen molar-refractivity contribution in [3.05, 3.63) is 0 Å². The maximum Gasteiger partial charge on any atom is 0.248 e. The average Bonchev–Trinajstić information content (AvgIpc) is 2.69. The second-order valence-electron chi connectivity index (χ2n) is 5.75. The van der Waals surface area contributed by atoms with Crippen molar-refractivity contribution in [2.24, 2.45) is 5.92 Å². The van der Waals surface area contributed by atoms with Crippen molar-refractivity contribution in [3.8, 4) is 0 Å². The van der Waals surface area contributed by atoms with E-state index in [-0.39, 0.29) is 50.6 Å². The molecule has 7 heteroatoms. The number of nitrogens with zero attached hydrogens (tertiary/aromatic N) is 1. The zero-order valence-electron chi connectivity index (χ0n) is 11.4. The highest BCUT2D eigenvalue weighted by Gasteiger charge is 2.41. The second-order valence-corrected chi connectivity index (χ2v) is 5.75. The lowest BCUT2D eigenvalue weighted by molar-refractivity contribution is -0.139. The number of carbonyl (C=O) groups excluding carboxylic acids is 2. The summed E-state index contributed by atoms with van der Waals surface area (Å²) < 4.78 is 26.1. The number of aliphatic hydroxyl groups excluding tert-OH is 1. The topological polar surface area (TPSA) is 69.6 Å². The lowest BCUT2D eigenvalue weighted by Crippen LogP contribution is -2.42. The third-order valence-corrected chi connectivity index (χ3v) is 4.06. The van der Waals surface area contributed by atoms with E-state index in [2.05, 4.69) is 5.32 Å². The Morgan fingerprint density at radius 2 is 1.85 bits per heavy atom. The smallest absolute Gasteiger partial charge is 0.248 e. The van der Waals surface area contributed by atoms with Crippen molar-refractivity contribution < 1.29 is 23.5 Å². The molecular formula is C13H20F2N2O3. The van der Waals surface area contributed by atoms with Gasteiger partial charge in [0, 0.05) is 38.8 Å². The molecule has 0 spiro atoms. The van der Waals surface area contributed by atoms with Gasteiger partial charge in [-0.05, 0) is 12.8 Å². The lowest BCUT2D eigenvalue weighted by atomic mass is 9.86. The van der Waals surface area contributed by atoms with Gasteiger partial charge in [0.2, 0.25) is 17.7 Å². The average molecular weight is 290 g/mol. The summed E-state index contributed by atoms with van der Waals surface area (Å²) in [5, 5.41) is 12.4. The predicted octanol–water partition coefficient (Wildman–Crippen LogP) is 0.520. The van der Waals surface area contributed by atoms with E-state index in [9.17, 15) is 23.5 Å². The van der Waals surface area contributed by atoms with Gasteiger partial charge in [-0.1, -0.05) is 0 Å². The lowest BCUT2D eigenvalue weighted by Gasteiger charge is -2.30. The van der Waals surface area contributed by atoms with Crippen LogP contribution in [0, 0.1) is 5.92 Å². The minimum atomic E-state index is -2.65. The SMILES string of the molecule is CC(=O)N[C@@H]1CN(C(=O)C2CCC(F)(F)CC2)C[C@H]1O. The number of rotatable bonds is 2. The summed E-state index contributed by atoms with van der Waals surface area (Å²) in [5.41, 5.74) is 0. The third-order valence-electron chi connectivity index (χ3n) is 4.06. The van der Waals surface area contributed by atoms with Gasteiger partial charge in [0.05, 0.1) is 12.1 Å². The number of likely N-dealkylation sites (tertiary alicyclic amines) is 1. The predicted molar refractivity (Wildman–Crippen MR) is 67.1 cm³/mol. The molecule has 1 saturated carbocycles. The molecule has 2 fully saturated rings. The number of hydrogen-bond donors (Lipinski definition) is 2. The third kappa shape index (κ3) is 3.45. The summed E-state index contributed by atoms with van der Waals surface area (Å²) in [6.07, 6.45) is -0.941. The minimum Gasteiger partial charge on any atom is -0.389 e. The van der Waals surface area contributed by atoms with Gasteiger partial charge in [-0.25, -0.2) is 8.78 Å². The van der Waals surface area contributed by atoms with Crippen LogP contribution in [0.3, 0.4) is 0 Å². The van der Waals surface area contributed by atoms with Gasteiger partial charge in [-0.15, -0.1) is 0 Å². The molecule has 5 nitrogen and oxygen atoms in total. The zero-order chi connectivity index (χ0) is 14.9. The first kappa shape index (κ1) is 15.2. The number of carbonyl (C=O) groups is 2. The number of β-amino-alcohol motifs (C(OH)–C–C–N with tert-alkyl or cyclic N) is 1. The Hall–Kier alpha value is -1.24. The van der Waals surface area contributed by atoms with Crippen LogP contribution >= 0.6 is 0 Å². The molecule has 0 aromatic carbocycles. The van der Waals surface area contributed by atoms with Crippen LogP contribution in [0.4, 0.5) is 8.78 Å². The van der Waals surface area contributed by atoms with E-state index in [1.807, 2.05) is 0 Å². The van der Waals surface area contributed by atoms with E-state index in [4.69, 9.17) is 0 Å². The molecule has 1 saturated heterocycles. The summed E-state index contributed by atoms with van der Waals surface area (Å²) >= 11 is 0. The number of alkyl halides is 2. The largest absolute Gasteiger partial charge is 0.389 e. The van der Waals surface area contributed by atoms with Crippen molar-refractivity contribution in [2.75, 3.05) is 13.1 Å². The van der Waals surface area contributed by atoms with E-state index in [1.165, 1.54) is 11.8 Å². The second kappa shape index (κ2) is 5.63. The van der Waals surface area contributed by atoms with Gasteiger partial charge in [0.1, 0.15) is 0 Å². The molecular weight excluding hydrogens is 270 g/mol. The van der Waals surface area contributed by atoms with E-state index in [1.54, 1.807) is 0 Å². The maximum atomic E-state index is 13.1. The molecule has 0 aromatic heterocycles. The number of nitrogens with one attached hydrogen (secondary N) is 1. The molecule has 2 atom stereocenters. The van der Waals surface area contributed by atoms with Crippen molar-refractivity contribution in [1.82, 2.24) is 10.2 Å². The first-order chi connectivity index (χ1) is 9.28. The number of halogens is 2. The molecule has 0 unspecified atom stereocenters. The van der Waals surface area contributed by atoms with Crippen LogP contribution in [-0.2, 0) is 9.59 Å². The number of aliphatic hydroxyl groups is 1. The van der Waals surface area contributed by atoms with E-state index in [0.29, 0.717) is 0 Å². The van der Waals surface area contributed by atoms with Gasteiger partial charge < -0.3 is 15.3 Å². The fourth-order valence-electron chi connectivity index (χ4n) is 2.91. The molecule has 1 aliphatic heterocycles. The fourth-order valence-corrected chi connectivity index (χ4v) is 2.91. The molecule has 2 amide bonds. The van der Waals surface area contributed by atoms with Crippen molar-refractivity contribution in [2.45, 2.75) is 50.7 Å². The van der Waals surface area contributed by atoms with Crippen molar-refractivity contribution in [3.63, 3.8) is 0 Å².